The lowest BCUT2D eigenvalue weighted by molar-refractivity contribution is -0.134. The summed E-state index contributed by atoms with van der Waals surface area (Å²) in [7, 11) is 0. The molecular weight excluding hydrogens is 376 g/mol. The number of fused-ring (bicyclic) bond motifs is 1. The Morgan fingerprint density at radius 1 is 1.07 bits per heavy atom. The number of likely N-dealkylation sites (tertiary alicyclic amines) is 1. The van der Waals surface area contributed by atoms with Gasteiger partial charge in [0.05, 0.1) is 6.61 Å². The molecule has 1 aliphatic heterocycles. The van der Waals surface area contributed by atoms with Gasteiger partial charge in [0, 0.05) is 35.6 Å². The van der Waals surface area contributed by atoms with Gasteiger partial charge in [-0.25, -0.2) is 0 Å². The molecule has 0 saturated carbocycles. The maximum Gasteiger partial charge on any atom is 0.260 e. The second-order valence-corrected chi connectivity index (χ2v) is 8.04. The topological polar surface area (TPSA) is 54.6 Å². The summed E-state index contributed by atoms with van der Waals surface area (Å²) < 4.78 is 11.3. The number of ether oxygens (including phenoxy) is 2. The van der Waals surface area contributed by atoms with Crippen LogP contribution in [0, 0.1) is 13.8 Å². The third-order valence-electron chi connectivity index (χ3n) is 6.01. The molecule has 2 aromatic carbocycles. The number of aryl methyl sites for hydroxylation is 2. The summed E-state index contributed by atoms with van der Waals surface area (Å²) in [6.45, 7) is 8.39. The summed E-state index contributed by atoms with van der Waals surface area (Å²) in [5.41, 5.74) is 5.15. The van der Waals surface area contributed by atoms with Crippen molar-refractivity contribution in [2.45, 2.75) is 39.5 Å². The van der Waals surface area contributed by atoms with Crippen molar-refractivity contribution in [2.75, 3.05) is 26.3 Å². The zero-order chi connectivity index (χ0) is 21.1. The number of para-hydroxylation sites is 2. The molecule has 4 rings (SSSR count). The fourth-order valence-electron chi connectivity index (χ4n) is 4.36. The lowest BCUT2D eigenvalue weighted by Crippen LogP contribution is -2.40. The predicted octanol–water partition coefficient (Wildman–Crippen LogP) is 4.97. The maximum atomic E-state index is 12.7. The minimum atomic E-state index is 0.0312. The number of nitrogens with one attached hydrogen (secondary N) is 1. The first-order valence-corrected chi connectivity index (χ1v) is 10.8. The molecule has 158 valence electrons. The van der Waals surface area contributed by atoms with E-state index >= 15 is 0 Å². The Bertz CT molecular complexity index is 1030. The van der Waals surface area contributed by atoms with Crippen molar-refractivity contribution in [1.82, 2.24) is 9.88 Å². The normalized spacial score (nSPS) is 14.8. The lowest BCUT2D eigenvalue weighted by Gasteiger charge is -2.32. The van der Waals surface area contributed by atoms with E-state index in [1.54, 1.807) is 0 Å². The van der Waals surface area contributed by atoms with Crippen molar-refractivity contribution in [3.8, 4) is 11.5 Å². The summed E-state index contributed by atoms with van der Waals surface area (Å²) in [4.78, 5) is 18.2. The van der Waals surface area contributed by atoms with Gasteiger partial charge in [-0.15, -0.1) is 0 Å². The van der Waals surface area contributed by atoms with E-state index in [2.05, 4.69) is 37.0 Å². The minimum Gasteiger partial charge on any atom is -0.490 e. The number of rotatable bonds is 6. The smallest absolute Gasteiger partial charge is 0.260 e. The number of aromatic amines is 1. The zero-order valence-electron chi connectivity index (χ0n) is 18.0. The van der Waals surface area contributed by atoms with Gasteiger partial charge in [-0.3, -0.25) is 4.79 Å². The molecule has 1 aliphatic rings. The molecular formula is C25H30N2O3. The number of carbonyl (C=O) groups is 1. The van der Waals surface area contributed by atoms with Crippen molar-refractivity contribution in [2.24, 2.45) is 0 Å². The van der Waals surface area contributed by atoms with Crippen molar-refractivity contribution in [3.05, 3.63) is 59.3 Å². The maximum absolute atomic E-state index is 12.7. The highest BCUT2D eigenvalue weighted by Gasteiger charge is 2.26. The van der Waals surface area contributed by atoms with Crippen LogP contribution in [-0.2, 0) is 4.79 Å². The van der Waals surface area contributed by atoms with Crippen molar-refractivity contribution < 1.29 is 14.3 Å². The van der Waals surface area contributed by atoms with E-state index in [1.807, 2.05) is 36.1 Å². The van der Waals surface area contributed by atoms with Crippen LogP contribution < -0.4 is 9.47 Å². The van der Waals surface area contributed by atoms with Crippen LogP contribution in [0.1, 0.15) is 42.5 Å². The fourth-order valence-corrected chi connectivity index (χ4v) is 4.36. The number of piperidine rings is 1. The third-order valence-corrected chi connectivity index (χ3v) is 6.01. The van der Waals surface area contributed by atoms with Crippen LogP contribution >= 0.6 is 0 Å². The first-order chi connectivity index (χ1) is 14.6. The van der Waals surface area contributed by atoms with E-state index in [1.165, 1.54) is 27.7 Å². The lowest BCUT2D eigenvalue weighted by atomic mass is 9.91. The van der Waals surface area contributed by atoms with Crippen molar-refractivity contribution in [1.29, 1.82) is 0 Å². The van der Waals surface area contributed by atoms with Crippen molar-refractivity contribution in [3.63, 3.8) is 0 Å². The quantitative estimate of drug-likeness (QED) is 0.629. The number of hydrogen-bond donors (Lipinski definition) is 1. The minimum absolute atomic E-state index is 0.0312. The molecule has 0 spiro atoms. The largest absolute Gasteiger partial charge is 0.490 e. The van der Waals surface area contributed by atoms with E-state index in [-0.39, 0.29) is 12.5 Å². The third kappa shape index (κ3) is 4.16. The average Bonchev–Trinajstić information content (AvgIpc) is 3.09. The van der Waals surface area contributed by atoms with E-state index in [4.69, 9.17) is 9.47 Å². The van der Waals surface area contributed by atoms with Gasteiger partial charge < -0.3 is 19.4 Å². The van der Waals surface area contributed by atoms with Crippen LogP contribution in [0.15, 0.2) is 42.5 Å². The molecule has 30 heavy (non-hydrogen) atoms. The number of H-pyrrole nitrogens is 1. The fraction of sp³-hybridized carbons (Fsp3) is 0.400. The monoisotopic (exact) mass is 406 g/mol. The van der Waals surface area contributed by atoms with Crippen LogP contribution in [0.5, 0.6) is 11.5 Å². The predicted molar refractivity (Wildman–Crippen MR) is 119 cm³/mol. The molecule has 2 heterocycles. The van der Waals surface area contributed by atoms with Crippen LogP contribution in [0.3, 0.4) is 0 Å². The van der Waals surface area contributed by atoms with E-state index in [0.29, 0.717) is 24.0 Å². The molecule has 1 fully saturated rings. The number of nitrogens with zero attached hydrogens (tertiary/aromatic N) is 1. The van der Waals surface area contributed by atoms with Gasteiger partial charge in [-0.05, 0) is 63.4 Å². The number of carbonyl (C=O) groups excluding carboxylic acids is 1. The second kappa shape index (κ2) is 8.82. The highest BCUT2D eigenvalue weighted by Crippen LogP contribution is 2.34. The first kappa shape index (κ1) is 20.3. The molecule has 1 aromatic heterocycles. The first-order valence-electron chi connectivity index (χ1n) is 10.8. The van der Waals surface area contributed by atoms with E-state index in [9.17, 15) is 4.79 Å². The van der Waals surface area contributed by atoms with Gasteiger partial charge in [0.2, 0.25) is 0 Å². The SMILES string of the molecule is CCOc1ccccc1OCC(=O)N1CCC(c2[nH]c3ccc(C)cc3c2C)CC1. The van der Waals surface area contributed by atoms with Gasteiger partial charge in [0.15, 0.2) is 18.1 Å². The Morgan fingerprint density at radius 2 is 1.77 bits per heavy atom. The Kier molecular flexibility index (Phi) is 5.98. The summed E-state index contributed by atoms with van der Waals surface area (Å²) in [6, 6.07) is 14.0. The van der Waals surface area contributed by atoms with Gasteiger partial charge in [0.25, 0.3) is 5.91 Å². The zero-order valence-corrected chi connectivity index (χ0v) is 18.0. The van der Waals surface area contributed by atoms with Gasteiger partial charge in [-0.1, -0.05) is 23.8 Å². The molecule has 5 nitrogen and oxygen atoms in total. The second-order valence-electron chi connectivity index (χ2n) is 8.04. The summed E-state index contributed by atoms with van der Waals surface area (Å²) in [5.74, 6) is 1.78. The standard InChI is InChI=1S/C25H30N2O3/c1-4-29-22-7-5-6-8-23(22)30-16-24(28)27-13-11-19(12-14-27)25-18(3)20-15-17(2)9-10-21(20)26-25/h5-10,15,19,26H,4,11-14,16H2,1-3H3. The molecule has 3 aromatic rings. The number of amides is 1. The molecule has 0 radical (unpaired) electrons. The summed E-state index contributed by atoms with van der Waals surface area (Å²) in [5, 5.41) is 1.31. The molecule has 0 unspecified atom stereocenters. The van der Waals surface area contributed by atoms with Crippen LogP contribution in [0.4, 0.5) is 0 Å². The summed E-state index contributed by atoms with van der Waals surface area (Å²) in [6.07, 6.45) is 1.93. The molecule has 1 saturated heterocycles. The Balaban J connectivity index is 1.36. The molecule has 0 aliphatic carbocycles. The molecule has 1 N–H and O–H groups in total. The molecule has 0 bridgehead atoms. The highest BCUT2D eigenvalue weighted by atomic mass is 16.5. The van der Waals surface area contributed by atoms with Gasteiger partial charge in [0.1, 0.15) is 0 Å². The Labute approximate surface area is 178 Å². The van der Waals surface area contributed by atoms with E-state index in [0.717, 1.165) is 25.9 Å². The number of aromatic nitrogens is 1. The van der Waals surface area contributed by atoms with Gasteiger partial charge in [-0.2, -0.15) is 0 Å². The summed E-state index contributed by atoms with van der Waals surface area (Å²) >= 11 is 0. The van der Waals surface area contributed by atoms with Crippen LogP contribution in [0.25, 0.3) is 10.9 Å². The van der Waals surface area contributed by atoms with E-state index < -0.39 is 0 Å². The Hall–Kier alpha value is -2.95. The average molecular weight is 407 g/mol. The number of hydrogen-bond acceptors (Lipinski definition) is 3. The number of benzene rings is 2. The molecule has 1 amide bonds. The van der Waals surface area contributed by atoms with Gasteiger partial charge >= 0.3 is 0 Å². The highest BCUT2D eigenvalue weighted by molar-refractivity contribution is 5.85. The molecule has 0 atom stereocenters. The Morgan fingerprint density at radius 3 is 2.47 bits per heavy atom. The van der Waals surface area contributed by atoms with Crippen LogP contribution in [0.2, 0.25) is 0 Å². The van der Waals surface area contributed by atoms with Crippen molar-refractivity contribution >= 4 is 16.8 Å². The molecule has 5 heteroatoms. The van der Waals surface area contributed by atoms with Crippen LogP contribution in [-0.4, -0.2) is 42.1 Å².